The Morgan fingerprint density at radius 3 is 2.48 bits per heavy atom. The van der Waals surface area contributed by atoms with Crippen molar-refractivity contribution in [1.29, 1.82) is 0 Å². The molecule has 1 N–H and O–H groups in total. The maximum Gasteiger partial charge on any atom is 0.434 e. The Balaban J connectivity index is 1.62. The third kappa shape index (κ3) is 5.12. The zero-order chi connectivity index (χ0) is 19.3. The molecule has 2 aromatic rings. The molecule has 0 radical (unpaired) electrons. The van der Waals surface area contributed by atoms with E-state index in [-0.39, 0.29) is 6.54 Å². The van der Waals surface area contributed by atoms with E-state index in [9.17, 15) is 13.2 Å². The van der Waals surface area contributed by atoms with Crippen molar-refractivity contribution >= 4 is 23.0 Å². The quantitative estimate of drug-likeness (QED) is 0.634. The smallest absolute Gasteiger partial charge is 0.368 e. The highest BCUT2D eigenvalue weighted by atomic mass is 32.1. The minimum Gasteiger partial charge on any atom is -0.368 e. The van der Waals surface area contributed by atoms with Gasteiger partial charge < -0.3 is 15.1 Å². The van der Waals surface area contributed by atoms with E-state index < -0.39 is 11.9 Å². The molecule has 0 spiro atoms. The lowest BCUT2D eigenvalue weighted by Crippen LogP contribution is -2.52. The molecule has 27 heavy (non-hydrogen) atoms. The number of para-hydroxylation sites is 1. The Kier molecular flexibility index (Phi) is 6.20. The van der Waals surface area contributed by atoms with Gasteiger partial charge in [-0.25, -0.2) is 9.98 Å². The summed E-state index contributed by atoms with van der Waals surface area (Å²) >= 11 is 0.988. The zero-order valence-electron chi connectivity index (χ0n) is 15.0. The highest BCUT2D eigenvalue weighted by molar-refractivity contribution is 7.09. The van der Waals surface area contributed by atoms with E-state index in [1.54, 1.807) is 0 Å². The molecule has 1 aromatic carbocycles. The van der Waals surface area contributed by atoms with Crippen LogP contribution in [0.3, 0.4) is 0 Å². The van der Waals surface area contributed by atoms with Crippen molar-refractivity contribution in [2.75, 3.05) is 37.6 Å². The molecular formula is C18H22F3N5S. The Bertz CT molecular complexity index is 752. The van der Waals surface area contributed by atoms with Gasteiger partial charge in [0.05, 0.1) is 6.54 Å². The second-order valence-corrected chi connectivity index (χ2v) is 7.05. The van der Waals surface area contributed by atoms with E-state index in [0.717, 1.165) is 42.9 Å². The van der Waals surface area contributed by atoms with Crippen molar-refractivity contribution in [2.24, 2.45) is 4.99 Å². The van der Waals surface area contributed by atoms with Crippen molar-refractivity contribution in [3.63, 3.8) is 0 Å². The third-order valence-corrected chi connectivity index (χ3v) is 5.08. The van der Waals surface area contributed by atoms with Gasteiger partial charge in [0.1, 0.15) is 5.01 Å². The Hall–Kier alpha value is -2.29. The topological polar surface area (TPSA) is 43.8 Å². The summed E-state index contributed by atoms with van der Waals surface area (Å²) in [5.74, 6) is 0.717. The molecule has 1 aliphatic rings. The molecule has 5 nitrogen and oxygen atoms in total. The number of aromatic nitrogens is 1. The first kappa shape index (κ1) is 19.5. The first-order valence-corrected chi connectivity index (χ1v) is 9.70. The number of nitrogens with one attached hydrogen (secondary N) is 1. The molecular weight excluding hydrogens is 375 g/mol. The average Bonchev–Trinajstić information content (AvgIpc) is 3.16. The first-order chi connectivity index (χ1) is 13.0. The van der Waals surface area contributed by atoms with Gasteiger partial charge in [0, 0.05) is 43.8 Å². The fourth-order valence-corrected chi connectivity index (χ4v) is 3.62. The number of anilines is 1. The molecule has 1 aliphatic heterocycles. The summed E-state index contributed by atoms with van der Waals surface area (Å²) in [6.07, 6.45) is -4.41. The van der Waals surface area contributed by atoms with Gasteiger partial charge in [0.15, 0.2) is 11.7 Å². The largest absolute Gasteiger partial charge is 0.434 e. The lowest BCUT2D eigenvalue weighted by atomic mass is 10.2. The van der Waals surface area contributed by atoms with E-state index >= 15 is 0 Å². The number of nitrogens with zero attached hydrogens (tertiary/aromatic N) is 4. The van der Waals surface area contributed by atoms with Crippen LogP contribution < -0.4 is 10.2 Å². The predicted octanol–water partition coefficient (Wildman–Crippen LogP) is 3.45. The number of hydrogen-bond donors (Lipinski definition) is 1. The van der Waals surface area contributed by atoms with Crippen molar-refractivity contribution in [1.82, 2.24) is 15.2 Å². The highest BCUT2D eigenvalue weighted by Gasteiger charge is 2.33. The summed E-state index contributed by atoms with van der Waals surface area (Å²) < 4.78 is 38.0. The van der Waals surface area contributed by atoms with E-state index in [0.29, 0.717) is 17.5 Å². The SMILES string of the molecule is CCNC(=NCc1nc(C(F)(F)F)cs1)N1CCN(c2ccccc2)CC1. The van der Waals surface area contributed by atoms with Gasteiger partial charge in [0.25, 0.3) is 0 Å². The number of halogens is 3. The van der Waals surface area contributed by atoms with Crippen LogP contribution in [0.1, 0.15) is 17.6 Å². The van der Waals surface area contributed by atoms with Gasteiger partial charge >= 0.3 is 6.18 Å². The summed E-state index contributed by atoms with van der Waals surface area (Å²) in [7, 11) is 0. The number of alkyl halides is 3. The second kappa shape index (κ2) is 8.60. The van der Waals surface area contributed by atoms with E-state index in [1.165, 1.54) is 5.69 Å². The van der Waals surface area contributed by atoms with Gasteiger partial charge in [-0.05, 0) is 19.1 Å². The van der Waals surface area contributed by atoms with Crippen molar-refractivity contribution < 1.29 is 13.2 Å². The average molecular weight is 397 g/mol. The third-order valence-electron chi connectivity index (χ3n) is 4.24. The highest BCUT2D eigenvalue weighted by Crippen LogP contribution is 2.30. The zero-order valence-corrected chi connectivity index (χ0v) is 15.9. The maximum atomic E-state index is 12.7. The molecule has 0 atom stereocenters. The molecule has 1 saturated heterocycles. The minimum absolute atomic E-state index is 0.141. The number of benzene rings is 1. The van der Waals surface area contributed by atoms with Crippen LogP contribution in [0.15, 0.2) is 40.7 Å². The van der Waals surface area contributed by atoms with Gasteiger partial charge in [-0.1, -0.05) is 18.2 Å². The fraction of sp³-hybridized carbons (Fsp3) is 0.444. The second-order valence-electron chi connectivity index (χ2n) is 6.10. The maximum absolute atomic E-state index is 12.7. The number of hydrogen-bond acceptors (Lipinski definition) is 4. The van der Waals surface area contributed by atoms with Gasteiger partial charge in [-0.15, -0.1) is 11.3 Å². The summed E-state index contributed by atoms with van der Waals surface area (Å²) in [6, 6.07) is 10.2. The summed E-state index contributed by atoms with van der Waals surface area (Å²) in [6.45, 7) is 6.14. The molecule has 2 heterocycles. The molecule has 1 fully saturated rings. The number of rotatable bonds is 4. The summed E-state index contributed by atoms with van der Waals surface area (Å²) in [5, 5.41) is 4.63. The first-order valence-electron chi connectivity index (χ1n) is 8.82. The molecule has 3 rings (SSSR count). The van der Waals surface area contributed by atoms with Crippen LogP contribution in [0.4, 0.5) is 18.9 Å². The molecule has 9 heteroatoms. The Morgan fingerprint density at radius 2 is 1.89 bits per heavy atom. The molecule has 0 bridgehead atoms. The number of aliphatic imine (C=N–C) groups is 1. The Labute approximate surface area is 160 Å². The molecule has 146 valence electrons. The fourth-order valence-electron chi connectivity index (χ4n) is 2.90. The van der Waals surface area contributed by atoms with Crippen LogP contribution in [-0.4, -0.2) is 48.6 Å². The monoisotopic (exact) mass is 397 g/mol. The molecule has 0 amide bonds. The van der Waals surface area contributed by atoms with Crippen LogP contribution >= 0.6 is 11.3 Å². The molecule has 0 saturated carbocycles. The molecule has 1 aromatic heterocycles. The van der Waals surface area contributed by atoms with E-state index in [1.807, 2.05) is 25.1 Å². The van der Waals surface area contributed by atoms with Crippen LogP contribution in [0.5, 0.6) is 0 Å². The lowest BCUT2D eigenvalue weighted by molar-refractivity contribution is -0.140. The van der Waals surface area contributed by atoms with Gasteiger partial charge in [-0.2, -0.15) is 13.2 Å². The van der Waals surface area contributed by atoms with Gasteiger partial charge in [-0.3, -0.25) is 0 Å². The van der Waals surface area contributed by atoms with E-state index in [4.69, 9.17) is 0 Å². The molecule has 0 unspecified atom stereocenters. The van der Waals surface area contributed by atoms with Crippen LogP contribution in [0.25, 0.3) is 0 Å². The molecule has 0 aliphatic carbocycles. The lowest BCUT2D eigenvalue weighted by Gasteiger charge is -2.37. The van der Waals surface area contributed by atoms with Crippen molar-refractivity contribution in [3.05, 3.63) is 46.4 Å². The number of thiazole rings is 1. The normalized spacial score (nSPS) is 15.9. The van der Waals surface area contributed by atoms with Crippen molar-refractivity contribution in [3.8, 4) is 0 Å². The number of guanidine groups is 1. The van der Waals surface area contributed by atoms with Crippen LogP contribution in [0, 0.1) is 0 Å². The van der Waals surface area contributed by atoms with E-state index in [2.05, 4.69) is 37.2 Å². The van der Waals surface area contributed by atoms with Crippen LogP contribution in [-0.2, 0) is 12.7 Å². The standard InChI is InChI=1S/C18H22F3N5S/c1-2-22-17(23-12-16-24-15(13-27-16)18(19,20)21)26-10-8-25(9-11-26)14-6-4-3-5-7-14/h3-7,13H,2,8-12H2,1H3,(H,22,23). The minimum atomic E-state index is -4.41. The summed E-state index contributed by atoms with van der Waals surface area (Å²) in [4.78, 5) is 12.6. The van der Waals surface area contributed by atoms with Gasteiger partial charge in [0.2, 0.25) is 0 Å². The predicted molar refractivity (Wildman–Crippen MR) is 102 cm³/mol. The van der Waals surface area contributed by atoms with Crippen LogP contribution in [0.2, 0.25) is 0 Å². The van der Waals surface area contributed by atoms with Crippen molar-refractivity contribution in [2.45, 2.75) is 19.6 Å². The number of piperazine rings is 1. The Morgan fingerprint density at radius 1 is 1.19 bits per heavy atom. The summed E-state index contributed by atoms with van der Waals surface area (Å²) in [5.41, 5.74) is 0.348.